The number of aliphatic hydroxyl groups excluding tert-OH is 2. The van der Waals surface area contributed by atoms with Crippen LogP contribution < -0.4 is 0 Å². The molecule has 72 valence electrons. The second-order valence-corrected chi connectivity index (χ2v) is 1.12. The van der Waals surface area contributed by atoms with Crippen molar-refractivity contribution < 1.29 is 20.4 Å². The second kappa shape index (κ2) is 55.0. The molecule has 0 atom stereocenters. The van der Waals surface area contributed by atoms with E-state index in [4.69, 9.17) is 10.2 Å². The number of methoxy groups -OCH3 is 1. The molecule has 0 aliphatic heterocycles. The van der Waals surface area contributed by atoms with Gasteiger partial charge in [-0.1, -0.05) is 6.08 Å². The van der Waals surface area contributed by atoms with E-state index in [0.717, 1.165) is 7.11 Å². The molecule has 4 N–H and O–H groups in total. The molecular weight excluding hydrogens is 148 g/mol. The Bertz CT molecular complexity index is 37.4. The van der Waals surface area contributed by atoms with Crippen molar-refractivity contribution in [2.24, 2.45) is 0 Å². The van der Waals surface area contributed by atoms with Gasteiger partial charge >= 0.3 is 0 Å². The van der Waals surface area contributed by atoms with Crippen LogP contribution in [0.25, 0.3) is 0 Å². The maximum atomic E-state index is 7.94. The van der Waals surface area contributed by atoms with Gasteiger partial charge in [-0.25, -0.2) is 0 Å². The largest absolute Gasteiger partial charge is 0.412 e. The Labute approximate surface area is 68.4 Å². The molecule has 0 fully saturated rings. The highest BCUT2D eigenvalue weighted by Crippen LogP contribution is 1.56. The first kappa shape index (κ1) is 22.4. The first-order valence-corrected chi connectivity index (χ1v) is 2.95. The number of aliphatic hydroxyl groups is 2. The SMILES string of the molecule is C=CC.CO.COCCO.O. The lowest BCUT2D eigenvalue weighted by atomic mass is 10.8. The van der Waals surface area contributed by atoms with E-state index in [1.54, 1.807) is 13.2 Å². The van der Waals surface area contributed by atoms with Crippen LogP contribution in [0.3, 0.4) is 0 Å². The summed E-state index contributed by atoms with van der Waals surface area (Å²) in [6, 6.07) is 0. The third-order valence-corrected chi connectivity index (χ3v) is 0.295. The summed E-state index contributed by atoms with van der Waals surface area (Å²) in [6.07, 6.45) is 1.75. The molecule has 0 spiro atoms. The molecule has 0 saturated carbocycles. The van der Waals surface area contributed by atoms with Gasteiger partial charge in [0.15, 0.2) is 0 Å². The minimum atomic E-state index is 0. The van der Waals surface area contributed by atoms with Crippen molar-refractivity contribution in [1.29, 1.82) is 0 Å². The van der Waals surface area contributed by atoms with Gasteiger partial charge in [0.05, 0.1) is 13.2 Å². The fourth-order valence-electron chi connectivity index (χ4n) is 0.0913. The average Bonchev–Trinajstić information content (AvgIpc) is 1.96. The molecule has 0 saturated heterocycles. The van der Waals surface area contributed by atoms with Crippen LogP contribution in [0.5, 0.6) is 0 Å². The normalized spacial score (nSPS) is 5.55. The highest BCUT2D eigenvalue weighted by molar-refractivity contribution is 4.51. The summed E-state index contributed by atoms with van der Waals surface area (Å²) in [5.41, 5.74) is 0. The number of hydrogen-bond donors (Lipinski definition) is 2. The van der Waals surface area contributed by atoms with Crippen LogP contribution in [-0.2, 0) is 4.74 Å². The van der Waals surface area contributed by atoms with E-state index in [-0.39, 0.29) is 12.1 Å². The van der Waals surface area contributed by atoms with Crippen molar-refractivity contribution in [2.45, 2.75) is 6.92 Å². The summed E-state index contributed by atoms with van der Waals surface area (Å²) in [7, 11) is 2.55. The molecule has 0 aliphatic carbocycles. The summed E-state index contributed by atoms with van der Waals surface area (Å²) in [5, 5.41) is 14.9. The summed E-state index contributed by atoms with van der Waals surface area (Å²) >= 11 is 0. The Morgan fingerprint density at radius 2 is 1.73 bits per heavy atom. The van der Waals surface area contributed by atoms with Gasteiger partial charge in [-0.2, -0.15) is 0 Å². The van der Waals surface area contributed by atoms with Crippen LogP contribution in [0.4, 0.5) is 0 Å². The van der Waals surface area contributed by atoms with Gasteiger partial charge in [0.25, 0.3) is 0 Å². The van der Waals surface area contributed by atoms with Crippen LogP contribution in [0.1, 0.15) is 6.92 Å². The molecule has 0 rings (SSSR count). The average molecular weight is 168 g/mol. The minimum absolute atomic E-state index is 0. The molecule has 0 aromatic heterocycles. The van der Waals surface area contributed by atoms with Gasteiger partial charge in [0.1, 0.15) is 0 Å². The van der Waals surface area contributed by atoms with Crippen molar-refractivity contribution in [3.63, 3.8) is 0 Å². The summed E-state index contributed by atoms with van der Waals surface area (Å²) in [5.74, 6) is 0. The first-order valence-electron chi connectivity index (χ1n) is 2.95. The molecule has 11 heavy (non-hydrogen) atoms. The zero-order chi connectivity index (χ0) is 8.83. The van der Waals surface area contributed by atoms with Gasteiger partial charge in [-0.3, -0.25) is 0 Å². The van der Waals surface area contributed by atoms with E-state index in [0.29, 0.717) is 6.61 Å². The highest BCUT2D eigenvalue weighted by atomic mass is 16.5. The zero-order valence-electron chi connectivity index (χ0n) is 7.50. The Kier molecular flexibility index (Phi) is 112. The molecular formula is C7H20O4. The van der Waals surface area contributed by atoms with Gasteiger partial charge < -0.3 is 20.4 Å². The third-order valence-electron chi connectivity index (χ3n) is 0.295. The summed E-state index contributed by atoms with van der Waals surface area (Å²) in [4.78, 5) is 0. The van der Waals surface area contributed by atoms with Gasteiger partial charge in [-0.15, -0.1) is 6.58 Å². The molecule has 0 bridgehead atoms. The topological polar surface area (TPSA) is 81.2 Å². The fourth-order valence-corrected chi connectivity index (χ4v) is 0.0913. The Morgan fingerprint density at radius 1 is 1.45 bits per heavy atom. The maximum Gasteiger partial charge on any atom is 0.0693 e. The van der Waals surface area contributed by atoms with Crippen molar-refractivity contribution >= 4 is 0 Å². The third kappa shape index (κ3) is 220. The molecule has 0 amide bonds. The minimum Gasteiger partial charge on any atom is -0.412 e. The molecule has 0 aromatic rings. The Hall–Kier alpha value is -0.420. The predicted molar refractivity (Wildman–Crippen MR) is 46.6 cm³/mol. The number of ether oxygens (including phenoxy) is 1. The molecule has 4 nitrogen and oxygen atoms in total. The van der Waals surface area contributed by atoms with E-state index in [1.165, 1.54) is 0 Å². The number of allylic oxidation sites excluding steroid dienone is 1. The van der Waals surface area contributed by atoms with Crippen LogP contribution >= 0.6 is 0 Å². The standard InChI is InChI=1S/C3H8O2.C3H6.CH4O.H2O/c1-5-3-2-4;1-3-2;1-2;/h4H,2-3H2,1H3;3H,1H2,2H3;2H,1H3;1H2. The molecule has 0 radical (unpaired) electrons. The van der Waals surface area contributed by atoms with E-state index in [9.17, 15) is 0 Å². The molecule has 0 aromatic carbocycles. The molecule has 0 unspecified atom stereocenters. The van der Waals surface area contributed by atoms with Crippen LogP contribution in [0, 0.1) is 0 Å². The maximum absolute atomic E-state index is 7.94. The second-order valence-electron chi connectivity index (χ2n) is 1.12. The Morgan fingerprint density at radius 3 is 1.73 bits per heavy atom. The fraction of sp³-hybridized carbons (Fsp3) is 0.714. The summed E-state index contributed by atoms with van der Waals surface area (Å²) in [6.45, 7) is 5.82. The smallest absolute Gasteiger partial charge is 0.0693 e. The van der Waals surface area contributed by atoms with E-state index < -0.39 is 0 Å². The van der Waals surface area contributed by atoms with Crippen molar-refractivity contribution in [3.8, 4) is 0 Å². The van der Waals surface area contributed by atoms with Crippen LogP contribution in [0.15, 0.2) is 12.7 Å². The molecule has 4 heteroatoms. The van der Waals surface area contributed by atoms with Crippen molar-refractivity contribution in [1.82, 2.24) is 0 Å². The van der Waals surface area contributed by atoms with Crippen molar-refractivity contribution in [3.05, 3.63) is 12.7 Å². The first-order chi connectivity index (χ1) is 4.83. The van der Waals surface area contributed by atoms with Crippen LogP contribution in [-0.4, -0.2) is 43.1 Å². The number of hydrogen-bond acceptors (Lipinski definition) is 3. The van der Waals surface area contributed by atoms with Crippen molar-refractivity contribution in [2.75, 3.05) is 27.4 Å². The lowest BCUT2D eigenvalue weighted by Crippen LogP contribution is -1.91. The Balaban J connectivity index is -0.0000000360. The quantitative estimate of drug-likeness (QED) is 0.550. The zero-order valence-corrected chi connectivity index (χ0v) is 7.50. The van der Waals surface area contributed by atoms with E-state index in [1.807, 2.05) is 6.92 Å². The van der Waals surface area contributed by atoms with Gasteiger partial charge in [-0.05, 0) is 6.92 Å². The molecule has 0 aliphatic rings. The van der Waals surface area contributed by atoms with Crippen LogP contribution in [0.2, 0.25) is 0 Å². The highest BCUT2D eigenvalue weighted by Gasteiger charge is 1.67. The number of rotatable bonds is 2. The lowest BCUT2D eigenvalue weighted by Gasteiger charge is -1.84. The lowest BCUT2D eigenvalue weighted by molar-refractivity contribution is 0.135. The van der Waals surface area contributed by atoms with Gasteiger partial charge in [0, 0.05) is 14.2 Å². The van der Waals surface area contributed by atoms with E-state index in [2.05, 4.69) is 11.3 Å². The summed E-state index contributed by atoms with van der Waals surface area (Å²) < 4.78 is 4.44. The van der Waals surface area contributed by atoms with Gasteiger partial charge in [0.2, 0.25) is 0 Å². The monoisotopic (exact) mass is 168 g/mol. The van der Waals surface area contributed by atoms with E-state index >= 15 is 0 Å². The molecule has 0 heterocycles. The predicted octanol–water partition coefficient (Wildman–Crippen LogP) is -0.399.